The summed E-state index contributed by atoms with van der Waals surface area (Å²) in [5.41, 5.74) is 5.19. The van der Waals surface area contributed by atoms with E-state index >= 15 is 0 Å². The zero-order valence-corrected chi connectivity index (χ0v) is 20.2. The van der Waals surface area contributed by atoms with Crippen molar-refractivity contribution in [3.8, 4) is 5.69 Å². The first-order valence-corrected chi connectivity index (χ1v) is 11.4. The van der Waals surface area contributed by atoms with Crippen LogP contribution >= 0.6 is 12.4 Å². The third-order valence-corrected chi connectivity index (χ3v) is 6.63. The minimum absolute atomic E-state index is 0. The van der Waals surface area contributed by atoms with E-state index in [9.17, 15) is 9.18 Å². The minimum atomic E-state index is -0.165. The van der Waals surface area contributed by atoms with Crippen molar-refractivity contribution >= 4 is 18.3 Å². The van der Waals surface area contributed by atoms with Gasteiger partial charge in [-0.1, -0.05) is 35.5 Å². The van der Waals surface area contributed by atoms with Gasteiger partial charge in [0, 0.05) is 31.7 Å². The van der Waals surface area contributed by atoms with Crippen LogP contribution in [0.1, 0.15) is 39.8 Å². The highest BCUT2D eigenvalue weighted by Gasteiger charge is 2.29. The first-order chi connectivity index (χ1) is 16.0. The zero-order chi connectivity index (χ0) is 22.9. The SMILES string of the molecule is Cc1c(C(=O)N2CCOCC2C)nnn1-c1cccc2c1CCN(Cc1ccccc1F)C2.Cl. The minimum Gasteiger partial charge on any atom is -0.377 e. The zero-order valence-electron chi connectivity index (χ0n) is 19.4. The fraction of sp³-hybridized carbons (Fsp3) is 0.400. The Morgan fingerprint density at radius 2 is 2.00 bits per heavy atom. The van der Waals surface area contributed by atoms with Gasteiger partial charge in [-0.15, -0.1) is 17.5 Å². The lowest BCUT2D eigenvalue weighted by Gasteiger charge is -2.32. The Kier molecular flexibility index (Phi) is 7.30. The molecule has 1 saturated heterocycles. The van der Waals surface area contributed by atoms with Crippen molar-refractivity contribution in [1.82, 2.24) is 24.8 Å². The number of hydrogen-bond acceptors (Lipinski definition) is 5. The first-order valence-electron chi connectivity index (χ1n) is 11.4. The van der Waals surface area contributed by atoms with E-state index in [4.69, 9.17) is 4.74 Å². The lowest BCUT2D eigenvalue weighted by molar-refractivity contribution is 0.00322. The van der Waals surface area contributed by atoms with E-state index in [1.807, 2.05) is 43.0 Å². The van der Waals surface area contributed by atoms with Crippen LogP contribution < -0.4 is 0 Å². The highest BCUT2D eigenvalue weighted by Crippen LogP contribution is 2.27. The van der Waals surface area contributed by atoms with Gasteiger partial charge in [0.05, 0.1) is 30.6 Å². The van der Waals surface area contributed by atoms with E-state index < -0.39 is 0 Å². The highest BCUT2D eigenvalue weighted by molar-refractivity contribution is 5.93. The second kappa shape index (κ2) is 10.2. The average molecular weight is 486 g/mol. The summed E-state index contributed by atoms with van der Waals surface area (Å²) in [6.45, 7) is 7.65. The average Bonchev–Trinajstić information content (AvgIpc) is 3.21. The van der Waals surface area contributed by atoms with Crippen molar-refractivity contribution in [2.45, 2.75) is 39.4 Å². The molecule has 1 amide bonds. The molecule has 9 heteroatoms. The summed E-state index contributed by atoms with van der Waals surface area (Å²) in [4.78, 5) is 17.2. The number of nitrogens with zero attached hydrogens (tertiary/aromatic N) is 5. The van der Waals surface area contributed by atoms with Gasteiger partial charge in [-0.2, -0.15) is 0 Å². The van der Waals surface area contributed by atoms with Crippen molar-refractivity contribution in [2.24, 2.45) is 0 Å². The van der Waals surface area contributed by atoms with Gasteiger partial charge in [-0.25, -0.2) is 9.07 Å². The van der Waals surface area contributed by atoms with E-state index in [0.717, 1.165) is 30.9 Å². The van der Waals surface area contributed by atoms with Gasteiger partial charge in [0.15, 0.2) is 5.69 Å². The van der Waals surface area contributed by atoms with Gasteiger partial charge in [0.2, 0.25) is 0 Å². The molecular formula is C25H29ClFN5O2. The molecule has 2 aliphatic rings. The maximum Gasteiger partial charge on any atom is 0.276 e. The monoisotopic (exact) mass is 485 g/mol. The number of hydrogen-bond donors (Lipinski definition) is 0. The maximum atomic E-state index is 14.1. The van der Waals surface area contributed by atoms with E-state index in [1.165, 1.54) is 17.2 Å². The second-order valence-corrected chi connectivity index (χ2v) is 8.82. The summed E-state index contributed by atoms with van der Waals surface area (Å²) in [6, 6.07) is 13.1. The molecule has 0 bridgehead atoms. The Morgan fingerprint density at radius 3 is 2.79 bits per heavy atom. The van der Waals surface area contributed by atoms with Gasteiger partial charge in [-0.05, 0) is 43.5 Å². The van der Waals surface area contributed by atoms with Crippen LogP contribution in [0.3, 0.4) is 0 Å². The Morgan fingerprint density at radius 1 is 1.18 bits per heavy atom. The summed E-state index contributed by atoms with van der Waals surface area (Å²) < 4.78 is 21.4. The molecule has 0 radical (unpaired) electrons. The van der Waals surface area contributed by atoms with Gasteiger partial charge < -0.3 is 9.64 Å². The Hall–Kier alpha value is -2.81. The smallest absolute Gasteiger partial charge is 0.276 e. The van der Waals surface area contributed by atoms with Gasteiger partial charge >= 0.3 is 0 Å². The van der Waals surface area contributed by atoms with E-state index in [0.29, 0.717) is 37.6 Å². The summed E-state index contributed by atoms with van der Waals surface area (Å²) in [7, 11) is 0. The van der Waals surface area contributed by atoms with Crippen LogP contribution in [0.15, 0.2) is 42.5 Å². The largest absolute Gasteiger partial charge is 0.377 e. The fourth-order valence-corrected chi connectivity index (χ4v) is 4.77. The Bertz CT molecular complexity index is 1180. The van der Waals surface area contributed by atoms with Gasteiger partial charge in [-0.3, -0.25) is 9.69 Å². The van der Waals surface area contributed by atoms with Crippen LogP contribution in [0.25, 0.3) is 5.69 Å². The second-order valence-electron chi connectivity index (χ2n) is 8.82. The molecule has 34 heavy (non-hydrogen) atoms. The molecule has 7 nitrogen and oxygen atoms in total. The van der Waals surface area contributed by atoms with Crippen LogP contribution in [0.2, 0.25) is 0 Å². The molecule has 0 spiro atoms. The van der Waals surface area contributed by atoms with Crippen LogP contribution in [-0.4, -0.2) is 63.0 Å². The molecule has 5 rings (SSSR count). The Balaban J connectivity index is 0.00000274. The molecule has 1 fully saturated rings. The highest BCUT2D eigenvalue weighted by atomic mass is 35.5. The summed E-state index contributed by atoms with van der Waals surface area (Å²) >= 11 is 0. The molecule has 2 aromatic carbocycles. The summed E-state index contributed by atoms with van der Waals surface area (Å²) in [6.07, 6.45) is 0.822. The molecule has 3 heterocycles. The van der Waals surface area contributed by atoms with Crippen LogP contribution in [0, 0.1) is 12.7 Å². The van der Waals surface area contributed by atoms with Crippen LogP contribution in [0.5, 0.6) is 0 Å². The topological polar surface area (TPSA) is 63.5 Å². The number of carbonyl (C=O) groups is 1. The molecule has 1 aromatic heterocycles. The van der Waals surface area contributed by atoms with Crippen LogP contribution in [-0.2, 0) is 24.2 Å². The molecule has 0 saturated carbocycles. The third-order valence-electron chi connectivity index (χ3n) is 6.63. The molecule has 3 aromatic rings. The lowest BCUT2D eigenvalue weighted by Crippen LogP contribution is -2.47. The molecule has 180 valence electrons. The predicted octanol–water partition coefficient (Wildman–Crippen LogP) is 3.56. The Labute approximate surface area is 204 Å². The number of amides is 1. The lowest BCUT2D eigenvalue weighted by atomic mass is 9.97. The summed E-state index contributed by atoms with van der Waals surface area (Å²) in [5, 5.41) is 8.62. The molecule has 0 N–H and O–H groups in total. The molecular weight excluding hydrogens is 457 g/mol. The number of rotatable bonds is 4. The number of fused-ring (bicyclic) bond motifs is 1. The van der Waals surface area contributed by atoms with Crippen LogP contribution in [0.4, 0.5) is 4.39 Å². The molecule has 0 aliphatic carbocycles. The molecule has 1 unspecified atom stereocenters. The molecule has 2 aliphatic heterocycles. The number of halogens is 2. The number of carbonyl (C=O) groups excluding carboxylic acids is 1. The third kappa shape index (κ3) is 4.58. The number of ether oxygens (including phenoxy) is 1. The van der Waals surface area contributed by atoms with Gasteiger partial charge in [0.1, 0.15) is 5.82 Å². The quantitative estimate of drug-likeness (QED) is 0.565. The van der Waals surface area contributed by atoms with Crippen molar-refractivity contribution < 1.29 is 13.9 Å². The van der Waals surface area contributed by atoms with Crippen molar-refractivity contribution in [3.05, 3.63) is 76.4 Å². The van der Waals surface area contributed by atoms with Crippen molar-refractivity contribution in [1.29, 1.82) is 0 Å². The number of aromatic nitrogens is 3. The standard InChI is InChI=1S/C25H28FN5O2.ClH/c1-17-16-33-13-12-30(17)25(32)24-18(2)31(28-27-24)23-9-5-7-19-14-29(11-10-21(19)23)15-20-6-3-4-8-22(20)26;/h3-9,17H,10-16H2,1-2H3;1H. The number of morpholine rings is 1. The fourth-order valence-electron chi connectivity index (χ4n) is 4.77. The van der Waals surface area contributed by atoms with Crippen molar-refractivity contribution in [2.75, 3.05) is 26.3 Å². The van der Waals surface area contributed by atoms with Crippen molar-refractivity contribution in [3.63, 3.8) is 0 Å². The predicted molar refractivity (Wildman–Crippen MR) is 129 cm³/mol. The van der Waals surface area contributed by atoms with E-state index in [2.05, 4.69) is 21.3 Å². The molecule has 1 atom stereocenters. The first kappa shape index (κ1) is 24.3. The van der Waals surface area contributed by atoms with Gasteiger partial charge in [0.25, 0.3) is 5.91 Å². The normalized spacial score (nSPS) is 18.3. The maximum absolute atomic E-state index is 14.1. The number of benzene rings is 2. The van der Waals surface area contributed by atoms with E-state index in [1.54, 1.807) is 10.7 Å². The van der Waals surface area contributed by atoms with E-state index in [-0.39, 0.29) is 30.2 Å². The summed E-state index contributed by atoms with van der Waals surface area (Å²) in [5.74, 6) is -0.266.